The molecule has 1 fully saturated rings. The Kier molecular flexibility index (Phi) is 4.22. The average Bonchev–Trinajstić information content (AvgIpc) is 2.79. The number of likely N-dealkylation sites (tertiary alicyclic amines) is 1. The minimum absolute atomic E-state index is 0.0188. The minimum atomic E-state index is -0.0339. The summed E-state index contributed by atoms with van der Waals surface area (Å²) in [7, 11) is 0. The average molecular weight is 363 g/mol. The van der Waals surface area contributed by atoms with Gasteiger partial charge in [-0.1, -0.05) is 15.9 Å². The van der Waals surface area contributed by atoms with Crippen LogP contribution in [0.25, 0.3) is 0 Å². The maximum absolute atomic E-state index is 12.4. The fourth-order valence-electron chi connectivity index (χ4n) is 2.11. The molecule has 0 aromatic heterocycles. The van der Waals surface area contributed by atoms with E-state index >= 15 is 0 Å². The Morgan fingerprint density at radius 3 is 2.94 bits per heavy atom. The third kappa shape index (κ3) is 2.72. The summed E-state index contributed by atoms with van der Waals surface area (Å²) in [6.07, 6.45) is 1.84. The van der Waals surface area contributed by atoms with Crippen LogP contribution in [0.3, 0.4) is 0 Å². The maximum Gasteiger partial charge on any atom is 0.255 e. The lowest BCUT2D eigenvalue weighted by atomic mass is 10.2. The predicted molar refractivity (Wildman–Crippen MR) is 73.0 cm³/mol. The molecule has 1 amide bonds. The first-order valence-corrected chi connectivity index (χ1v) is 7.09. The summed E-state index contributed by atoms with van der Waals surface area (Å²) in [4.78, 5) is 14.1. The molecule has 0 bridgehead atoms. The fraction of sp³-hybridized carbons (Fsp3) is 0.417. The highest BCUT2D eigenvalue weighted by Gasteiger charge is 2.29. The molecule has 17 heavy (non-hydrogen) atoms. The predicted octanol–water partition coefficient (Wildman–Crippen LogP) is 2.81. The van der Waals surface area contributed by atoms with Crippen LogP contribution in [-0.4, -0.2) is 35.1 Å². The number of benzene rings is 1. The summed E-state index contributed by atoms with van der Waals surface area (Å²) in [5.74, 6) is -0.0188. The second kappa shape index (κ2) is 5.50. The molecule has 0 radical (unpaired) electrons. The van der Waals surface area contributed by atoms with Gasteiger partial charge in [0.25, 0.3) is 5.91 Å². The van der Waals surface area contributed by atoms with Gasteiger partial charge in [-0.15, -0.1) is 0 Å². The molecule has 1 N–H and O–H groups in total. The van der Waals surface area contributed by atoms with E-state index in [0.29, 0.717) is 5.56 Å². The molecule has 1 aliphatic heterocycles. The third-order valence-corrected chi connectivity index (χ3v) is 4.19. The number of aliphatic hydroxyl groups excluding tert-OH is 1. The molecule has 2 rings (SSSR count). The van der Waals surface area contributed by atoms with Gasteiger partial charge in [-0.05, 0) is 47.0 Å². The lowest BCUT2D eigenvalue weighted by Crippen LogP contribution is -2.37. The van der Waals surface area contributed by atoms with E-state index < -0.39 is 0 Å². The highest BCUT2D eigenvalue weighted by Crippen LogP contribution is 2.26. The second-order valence-corrected chi connectivity index (χ2v) is 5.87. The van der Waals surface area contributed by atoms with Gasteiger partial charge in [0.05, 0.1) is 18.2 Å². The Labute approximate surface area is 117 Å². The molecule has 92 valence electrons. The molecular weight excluding hydrogens is 350 g/mol. The summed E-state index contributed by atoms with van der Waals surface area (Å²) < 4.78 is 1.66. The van der Waals surface area contributed by atoms with Crippen molar-refractivity contribution >= 4 is 37.8 Å². The van der Waals surface area contributed by atoms with Gasteiger partial charge in [-0.3, -0.25) is 4.79 Å². The van der Waals surface area contributed by atoms with Crippen molar-refractivity contribution in [1.29, 1.82) is 0 Å². The summed E-state index contributed by atoms with van der Waals surface area (Å²) in [6, 6.07) is 5.50. The van der Waals surface area contributed by atoms with Gasteiger partial charge in [-0.25, -0.2) is 0 Å². The van der Waals surface area contributed by atoms with Crippen molar-refractivity contribution in [3.8, 4) is 0 Å². The molecule has 0 unspecified atom stereocenters. The molecule has 0 saturated carbocycles. The maximum atomic E-state index is 12.4. The highest BCUT2D eigenvalue weighted by molar-refractivity contribution is 9.11. The van der Waals surface area contributed by atoms with Gasteiger partial charge < -0.3 is 10.0 Å². The van der Waals surface area contributed by atoms with Crippen LogP contribution < -0.4 is 0 Å². The molecule has 1 heterocycles. The van der Waals surface area contributed by atoms with E-state index in [4.69, 9.17) is 0 Å². The minimum Gasteiger partial charge on any atom is -0.394 e. The van der Waals surface area contributed by atoms with Crippen molar-refractivity contribution in [2.24, 2.45) is 0 Å². The van der Waals surface area contributed by atoms with Crippen LogP contribution in [0.1, 0.15) is 23.2 Å². The number of halogens is 2. The van der Waals surface area contributed by atoms with Gasteiger partial charge >= 0.3 is 0 Å². The first-order valence-electron chi connectivity index (χ1n) is 5.50. The van der Waals surface area contributed by atoms with Crippen LogP contribution >= 0.6 is 31.9 Å². The van der Waals surface area contributed by atoms with Crippen molar-refractivity contribution in [3.63, 3.8) is 0 Å². The lowest BCUT2D eigenvalue weighted by molar-refractivity contribution is 0.0676. The van der Waals surface area contributed by atoms with Gasteiger partial charge in [-0.2, -0.15) is 0 Å². The Morgan fingerprint density at radius 2 is 2.24 bits per heavy atom. The molecule has 1 aromatic carbocycles. The fourth-order valence-corrected chi connectivity index (χ4v) is 2.89. The molecule has 0 aliphatic carbocycles. The van der Waals surface area contributed by atoms with E-state index in [1.807, 2.05) is 12.1 Å². The van der Waals surface area contributed by atoms with Crippen LogP contribution in [0.4, 0.5) is 0 Å². The number of hydrogen-bond donors (Lipinski definition) is 1. The van der Waals surface area contributed by atoms with Gasteiger partial charge in [0.1, 0.15) is 0 Å². The van der Waals surface area contributed by atoms with Crippen molar-refractivity contribution in [3.05, 3.63) is 32.7 Å². The van der Waals surface area contributed by atoms with E-state index in [9.17, 15) is 9.90 Å². The van der Waals surface area contributed by atoms with Crippen LogP contribution in [0.2, 0.25) is 0 Å². The molecule has 1 aliphatic rings. The Balaban J connectivity index is 2.27. The Hall–Kier alpha value is -0.390. The second-order valence-electron chi connectivity index (χ2n) is 4.10. The normalized spacial score (nSPS) is 19.7. The monoisotopic (exact) mass is 361 g/mol. The molecule has 1 atom stereocenters. The third-order valence-electron chi connectivity index (χ3n) is 3.01. The number of aliphatic hydroxyl groups is 1. The van der Waals surface area contributed by atoms with Crippen molar-refractivity contribution in [2.45, 2.75) is 18.9 Å². The summed E-state index contributed by atoms with van der Waals surface area (Å²) in [5, 5.41) is 9.24. The van der Waals surface area contributed by atoms with Crippen molar-refractivity contribution in [1.82, 2.24) is 4.90 Å². The van der Waals surface area contributed by atoms with Gasteiger partial charge in [0, 0.05) is 15.5 Å². The van der Waals surface area contributed by atoms with Crippen LogP contribution in [-0.2, 0) is 0 Å². The Morgan fingerprint density at radius 1 is 1.47 bits per heavy atom. The molecule has 0 spiro atoms. The van der Waals surface area contributed by atoms with E-state index in [1.165, 1.54) is 0 Å². The molecule has 1 aromatic rings. The van der Waals surface area contributed by atoms with Crippen LogP contribution in [0, 0.1) is 0 Å². The molecule has 5 heteroatoms. The highest BCUT2D eigenvalue weighted by atomic mass is 79.9. The topological polar surface area (TPSA) is 40.5 Å². The zero-order valence-corrected chi connectivity index (χ0v) is 12.4. The van der Waals surface area contributed by atoms with E-state index in [0.717, 1.165) is 28.3 Å². The van der Waals surface area contributed by atoms with Crippen LogP contribution in [0.5, 0.6) is 0 Å². The van der Waals surface area contributed by atoms with E-state index in [-0.39, 0.29) is 18.6 Å². The van der Waals surface area contributed by atoms with Gasteiger partial charge in [0.2, 0.25) is 0 Å². The van der Waals surface area contributed by atoms with E-state index in [2.05, 4.69) is 31.9 Å². The van der Waals surface area contributed by atoms with Gasteiger partial charge in [0.15, 0.2) is 0 Å². The number of hydrogen-bond acceptors (Lipinski definition) is 2. The Bertz CT molecular complexity index is 437. The first-order chi connectivity index (χ1) is 8.13. The summed E-state index contributed by atoms with van der Waals surface area (Å²) >= 11 is 6.75. The zero-order chi connectivity index (χ0) is 12.4. The molecular formula is C12H13Br2NO2. The number of amides is 1. The molecule has 1 saturated heterocycles. The number of carbonyl (C=O) groups is 1. The summed E-state index contributed by atoms with van der Waals surface area (Å²) in [6.45, 7) is 0.764. The lowest BCUT2D eigenvalue weighted by Gasteiger charge is -2.23. The molecule has 3 nitrogen and oxygen atoms in total. The smallest absolute Gasteiger partial charge is 0.255 e. The number of nitrogens with zero attached hydrogens (tertiary/aromatic N) is 1. The standard InChI is InChI=1S/C12H13Br2NO2/c13-8-3-4-11(14)10(6-8)12(17)15-5-1-2-9(15)7-16/h3-4,6,9,16H,1-2,5,7H2/t9-/m1/s1. The number of carbonyl (C=O) groups excluding carboxylic acids is 1. The van der Waals surface area contributed by atoms with E-state index in [1.54, 1.807) is 11.0 Å². The quantitative estimate of drug-likeness (QED) is 0.878. The first kappa shape index (κ1) is 13.1. The largest absolute Gasteiger partial charge is 0.394 e. The van der Waals surface area contributed by atoms with Crippen molar-refractivity contribution in [2.75, 3.05) is 13.2 Å². The number of rotatable bonds is 2. The summed E-state index contributed by atoms with van der Waals surface area (Å²) in [5.41, 5.74) is 0.639. The SMILES string of the molecule is O=C(c1cc(Br)ccc1Br)N1CCC[C@@H]1CO. The van der Waals surface area contributed by atoms with Crippen LogP contribution in [0.15, 0.2) is 27.1 Å². The zero-order valence-electron chi connectivity index (χ0n) is 9.20. The van der Waals surface area contributed by atoms with Crippen molar-refractivity contribution < 1.29 is 9.90 Å².